The number of carbonyl (C=O) groups is 1. The fraction of sp³-hybridized carbons (Fsp3) is 0.562. The second-order valence-corrected chi connectivity index (χ2v) is 5.95. The lowest BCUT2D eigenvalue weighted by atomic mass is 9.98. The van der Waals surface area contributed by atoms with Crippen LogP contribution in [0.2, 0.25) is 0 Å². The second kappa shape index (κ2) is 6.37. The van der Waals surface area contributed by atoms with Crippen molar-refractivity contribution in [1.29, 1.82) is 0 Å². The monoisotopic (exact) mass is 275 g/mol. The van der Waals surface area contributed by atoms with E-state index in [0.717, 1.165) is 18.7 Å². The largest absolute Gasteiger partial charge is 0.340 e. The first kappa shape index (κ1) is 15.0. The van der Waals surface area contributed by atoms with Crippen LogP contribution in [0, 0.1) is 5.92 Å². The minimum Gasteiger partial charge on any atom is -0.340 e. The molecule has 1 amide bonds. The average Bonchev–Trinajstić information content (AvgIpc) is 2.83. The van der Waals surface area contributed by atoms with Crippen LogP contribution in [-0.4, -0.2) is 55.5 Å². The Morgan fingerprint density at radius 1 is 1.35 bits per heavy atom. The van der Waals surface area contributed by atoms with E-state index in [0.29, 0.717) is 18.5 Å². The van der Waals surface area contributed by atoms with Crippen molar-refractivity contribution in [2.45, 2.75) is 18.9 Å². The normalized spacial score (nSPS) is 24.1. The van der Waals surface area contributed by atoms with Crippen LogP contribution in [0.15, 0.2) is 30.3 Å². The second-order valence-electron chi connectivity index (χ2n) is 5.95. The van der Waals surface area contributed by atoms with E-state index in [2.05, 4.69) is 25.9 Å². The predicted molar refractivity (Wildman–Crippen MR) is 81.5 cm³/mol. The summed E-state index contributed by atoms with van der Waals surface area (Å²) in [5.41, 5.74) is 6.86. The first-order valence-electron chi connectivity index (χ1n) is 7.24. The van der Waals surface area contributed by atoms with Gasteiger partial charge < -0.3 is 15.5 Å². The number of likely N-dealkylation sites (tertiary alicyclic amines) is 1. The molecular weight excluding hydrogens is 250 g/mol. The lowest BCUT2D eigenvalue weighted by molar-refractivity contribution is -0.131. The number of nitrogens with zero attached hydrogens (tertiary/aromatic N) is 2. The molecule has 0 spiro atoms. The predicted octanol–water partition coefficient (Wildman–Crippen LogP) is 1.14. The minimum absolute atomic E-state index is 0.162. The van der Waals surface area contributed by atoms with Crippen molar-refractivity contribution in [2.24, 2.45) is 11.7 Å². The summed E-state index contributed by atoms with van der Waals surface area (Å²) in [6.45, 7) is 4.19. The highest BCUT2D eigenvalue weighted by Crippen LogP contribution is 2.25. The van der Waals surface area contributed by atoms with Crippen molar-refractivity contribution in [3.05, 3.63) is 35.9 Å². The summed E-state index contributed by atoms with van der Waals surface area (Å²) in [5.74, 6) is 0.447. The van der Waals surface area contributed by atoms with E-state index < -0.39 is 0 Å². The van der Waals surface area contributed by atoms with Crippen LogP contribution in [0.3, 0.4) is 0 Å². The molecule has 0 aromatic heterocycles. The highest BCUT2D eigenvalue weighted by Gasteiger charge is 2.36. The van der Waals surface area contributed by atoms with Gasteiger partial charge in [-0.05, 0) is 25.6 Å². The Hall–Kier alpha value is -1.39. The van der Waals surface area contributed by atoms with Crippen molar-refractivity contribution in [1.82, 2.24) is 9.80 Å². The maximum Gasteiger partial charge on any atom is 0.231 e. The van der Waals surface area contributed by atoms with E-state index in [-0.39, 0.29) is 11.8 Å². The molecule has 1 aromatic rings. The molecule has 110 valence electrons. The molecule has 3 unspecified atom stereocenters. The van der Waals surface area contributed by atoms with E-state index in [4.69, 9.17) is 5.73 Å². The fourth-order valence-electron chi connectivity index (χ4n) is 3.09. The third kappa shape index (κ3) is 3.02. The molecule has 2 rings (SSSR count). The molecule has 20 heavy (non-hydrogen) atoms. The number of hydrogen-bond acceptors (Lipinski definition) is 3. The molecule has 4 heteroatoms. The molecule has 0 radical (unpaired) electrons. The van der Waals surface area contributed by atoms with Crippen molar-refractivity contribution >= 4 is 5.91 Å². The number of benzene rings is 1. The third-order valence-corrected chi connectivity index (χ3v) is 4.28. The summed E-state index contributed by atoms with van der Waals surface area (Å²) >= 11 is 0. The summed E-state index contributed by atoms with van der Waals surface area (Å²) in [6.07, 6.45) is 0. The Balaban J connectivity index is 2.11. The molecule has 2 N–H and O–H groups in total. The zero-order chi connectivity index (χ0) is 14.7. The lowest BCUT2D eigenvalue weighted by Gasteiger charge is -2.24. The smallest absolute Gasteiger partial charge is 0.231 e. The van der Waals surface area contributed by atoms with Crippen LogP contribution >= 0.6 is 0 Å². The quantitative estimate of drug-likeness (QED) is 0.896. The molecule has 1 aliphatic heterocycles. The van der Waals surface area contributed by atoms with Crippen LogP contribution in [0.4, 0.5) is 0 Å². The lowest BCUT2D eigenvalue weighted by Crippen LogP contribution is -2.39. The molecule has 1 heterocycles. The summed E-state index contributed by atoms with van der Waals surface area (Å²) < 4.78 is 0. The number of likely N-dealkylation sites (N-methyl/N-ethyl adjacent to an activating group) is 1. The van der Waals surface area contributed by atoms with E-state index in [1.807, 2.05) is 35.2 Å². The van der Waals surface area contributed by atoms with Gasteiger partial charge in [0.05, 0.1) is 5.92 Å². The molecule has 1 saturated heterocycles. The van der Waals surface area contributed by atoms with E-state index in [1.54, 1.807) is 0 Å². The maximum atomic E-state index is 12.7. The van der Waals surface area contributed by atoms with Gasteiger partial charge in [-0.1, -0.05) is 37.3 Å². The van der Waals surface area contributed by atoms with Gasteiger partial charge in [0.25, 0.3) is 0 Å². The SMILES string of the molecule is CC1CN(C(=O)C(CN)c2ccccc2)CC1N(C)C. The maximum absolute atomic E-state index is 12.7. The van der Waals surface area contributed by atoms with Crippen LogP contribution in [0.5, 0.6) is 0 Å². The zero-order valence-corrected chi connectivity index (χ0v) is 12.6. The summed E-state index contributed by atoms with van der Waals surface area (Å²) in [4.78, 5) is 16.9. The van der Waals surface area contributed by atoms with Gasteiger partial charge in [0.1, 0.15) is 0 Å². The molecule has 4 nitrogen and oxygen atoms in total. The number of amides is 1. The van der Waals surface area contributed by atoms with Crippen LogP contribution in [0.25, 0.3) is 0 Å². The summed E-state index contributed by atoms with van der Waals surface area (Å²) in [5, 5.41) is 0. The van der Waals surface area contributed by atoms with Crippen molar-refractivity contribution in [3.8, 4) is 0 Å². The molecule has 1 fully saturated rings. The number of carbonyl (C=O) groups excluding carboxylic acids is 1. The third-order valence-electron chi connectivity index (χ3n) is 4.28. The molecule has 0 saturated carbocycles. The molecule has 1 aliphatic rings. The standard InChI is InChI=1S/C16H25N3O/c1-12-10-19(11-15(12)18(2)3)16(20)14(9-17)13-7-5-4-6-8-13/h4-8,12,14-15H,9-11,17H2,1-3H3. The van der Waals surface area contributed by atoms with E-state index in [9.17, 15) is 4.79 Å². The molecule has 0 aliphatic carbocycles. The van der Waals surface area contributed by atoms with Crippen molar-refractivity contribution in [2.75, 3.05) is 33.7 Å². The summed E-state index contributed by atoms with van der Waals surface area (Å²) in [7, 11) is 4.15. The Morgan fingerprint density at radius 3 is 2.50 bits per heavy atom. The topological polar surface area (TPSA) is 49.6 Å². The van der Waals surface area contributed by atoms with Gasteiger partial charge in [-0.15, -0.1) is 0 Å². The van der Waals surface area contributed by atoms with E-state index in [1.165, 1.54) is 0 Å². The minimum atomic E-state index is -0.218. The Morgan fingerprint density at radius 2 is 2.00 bits per heavy atom. The van der Waals surface area contributed by atoms with Crippen molar-refractivity contribution in [3.63, 3.8) is 0 Å². The Kier molecular flexibility index (Phi) is 4.78. The first-order chi connectivity index (χ1) is 9.54. The van der Waals surface area contributed by atoms with Gasteiger partial charge in [-0.25, -0.2) is 0 Å². The highest BCUT2D eigenvalue weighted by atomic mass is 16.2. The van der Waals surface area contributed by atoms with Crippen LogP contribution in [-0.2, 0) is 4.79 Å². The van der Waals surface area contributed by atoms with Gasteiger partial charge >= 0.3 is 0 Å². The molecule has 1 aromatic carbocycles. The molecular formula is C16H25N3O. The van der Waals surface area contributed by atoms with Gasteiger partial charge in [0, 0.05) is 25.7 Å². The van der Waals surface area contributed by atoms with Gasteiger partial charge in [0.2, 0.25) is 5.91 Å². The van der Waals surface area contributed by atoms with Gasteiger partial charge in [0.15, 0.2) is 0 Å². The number of rotatable bonds is 4. The Bertz CT molecular complexity index is 446. The highest BCUT2D eigenvalue weighted by molar-refractivity contribution is 5.84. The number of hydrogen-bond donors (Lipinski definition) is 1. The average molecular weight is 275 g/mol. The Labute approximate surface area is 121 Å². The molecule has 0 bridgehead atoms. The van der Waals surface area contributed by atoms with Gasteiger partial charge in [-0.2, -0.15) is 0 Å². The number of nitrogens with two attached hydrogens (primary N) is 1. The van der Waals surface area contributed by atoms with Crippen LogP contribution < -0.4 is 5.73 Å². The van der Waals surface area contributed by atoms with E-state index >= 15 is 0 Å². The van der Waals surface area contributed by atoms with Crippen LogP contribution in [0.1, 0.15) is 18.4 Å². The fourth-order valence-corrected chi connectivity index (χ4v) is 3.09. The molecule has 3 atom stereocenters. The van der Waals surface area contributed by atoms with Gasteiger partial charge in [-0.3, -0.25) is 4.79 Å². The first-order valence-corrected chi connectivity index (χ1v) is 7.24. The zero-order valence-electron chi connectivity index (χ0n) is 12.6. The van der Waals surface area contributed by atoms with Crippen molar-refractivity contribution < 1.29 is 4.79 Å². The summed E-state index contributed by atoms with van der Waals surface area (Å²) in [6, 6.07) is 10.3.